The number of rotatable bonds is 5. The molecule has 0 radical (unpaired) electrons. The monoisotopic (exact) mass is 438 g/mol. The van der Waals surface area contributed by atoms with Crippen LogP contribution >= 0.6 is 38.9 Å². The van der Waals surface area contributed by atoms with E-state index < -0.39 is 0 Å². The van der Waals surface area contributed by atoms with Crippen molar-refractivity contribution in [3.8, 4) is 0 Å². The Labute approximate surface area is 163 Å². The molecule has 0 saturated carbocycles. The zero-order chi connectivity index (χ0) is 18.0. The number of hydrogen-bond acceptors (Lipinski definition) is 4. The molecule has 130 valence electrons. The minimum atomic E-state index is -0.293. The van der Waals surface area contributed by atoms with Gasteiger partial charge in [0.1, 0.15) is 0 Å². The smallest absolute Gasteiger partial charge is 0.279 e. The molecule has 25 heavy (non-hydrogen) atoms. The van der Waals surface area contributed by atoms with E-state index in [2.05, 4.69) is 36.4 Å². The van der Waals surface area contributed by atoms with Gasteiger partial charge in [0.2, 0.25) is 0 Å². The van der Waals surface area contributed by atoms with Crippen LogP contribution in [0.2, 0.25) is 5.02 Å². The first kappa shape index (κ1) is 18.1. The second-order valence-corrected chi connectivity index (χ2v) is 8.19. The van der Waals surface area contributed by atoms with Crippen molar-refractivity contribution in [1.29, 1.82) is 0 Å². The van der Waals surface area contributed by atoms with Crippen LogP contribution in [0.25, 0.3) is 0 Å². The van der Waals surface area contributed by atoms with Gasteiger partial charge in [0.15, 0.2) is 10.8 Å². The number of nitrogens with zero attached hydrogens (tertiary/aromatic N) is 2. The average Bonchev–Trinajstić information content (AvgIpc) is 3.14. The van der Waals surface area contributed by atoms with Crippen molar-refractivity contribution >= 4 is 49.9 Å². The second-order valence-electron chi connectivity index (χ2n) is 5.85. The van der Waals surface area contributed by atoms with Crippen LogP contribution in [-0.4, -0.2) is 21.1 Å². The lowest BCUT2D eigenvalue weighted by Crippen LogP contribution is -2.12. The summed E-state index contributed by atoms with van der Waals surface area (Å²) in [6, 6.07) is 7.70. The van der Waals surface area contributed by atoms with Crippen LogP contribution in [0.15, 0.2) is 34.9 Å². The fourth-order valence-corrected chi connectivity index (χ4v) is 4.20. The molecule has 3 aromatic rings. The summed E-state index contributed by atoms with van der Waals surface area (Å²) in [4.78, 5) is 17.7. The van der Waals surface area contributed by atoms with Gasteiger partial charge in [-0.25, -0.2) is 4.98 Å². The van der Waals surface area contributed by atoms with Gasteiger partial charge < -0.3 is 0 Å². The van der Waals surface area contributed by atoms with E-state index in [1.165, 1.54) is 11.3 Å². The molecule has 0 saturated heterocycles. The van der Waals surface area contributed by atoms with E-state index in [-0.39, 0.29) is 11.8 Å². The molecule has 0 aliphatic carbocycles. The van der Waals surface area contributed by atoms with Crippen molar-refractivity contribution in [3.63, 3.8) is 0 Å². The van der Waals surface area contributed by atoms with Gasteiger partial charge in [-0.05, 0) is 39.5 Å². The van der Waals surface area contributed by atoms with Gasteiger partial charge in [-0.15, -0.1) is 11.3 Å². The van der Waals surface area contributed by atoms with Crippen LogP contribution in [0.4, 0.5) is 5.13 Å². The third-order valence-corrected chi connectivity index (χ3v) is 5.52. The lowest BCUT2D eigenvalue weighted by molar-refractivity contribution is 0.102. The fraction of sp³-hybridized carbons (Fsp3) is 0.235. The van der Waals surface area contributed by atoms with Crippen LogP contribution in [0.1, 0.15) is 46.4 Å². The lowest BCUT2D eigenvalue weighted by Gasteiger charge is -2.02. The van der Waals surface area contributed by atoms with Gasteiger partial charge in [0, 0.05) is 22.5 Å². The summed E-state index contributed by atoms with van der Waals surface area (Å²) in [5.74, 6) is -0.0498. The molecule has 0 fully saturated rings. The molecule has 0 spiro atoms. The SMILES string of the molecule is CC(C)c1[nH]nc(C(=O)Nc2ncc(Cc3cccc(Cl)c3)s2)c1Br. The Bertz CT molecular complexity index is 906. The van der Waals surface area contributed by atoms with Gasteiger partial charge in [-0.1, -0.05) is 37.6 Å². The number of carbonyl (C=O) groups is 1. The van der Waals surface area contributed by atoms with E-state index >= 15 is 0 Å². The summed E-state index contributed by atoms with van der Waals surface area (Å²) in [6.07, 6.45) is 2.48. The molecule has 0 unspecified atom stereocenters. The molecule has 0 aliphatic rings. The molecule has 0 aliphatic heterocycles. The number of halogens is 2. The van der Waals surface area contributed by atoms with Crippen molar-refractivity contribution in [2.75, 3.05) is 5.32 Å². The van der Waals surface area contributed by atoms with Crippen LogP contribution < -0.4 is 5.32 Å². The molecule has 3 rings (SSSR count). The Kier molecular flexibility index (Phi) is 5.56. The van der Waals surface area contributed by atoms with Gasteiger partial charge >= 0.3 is 0 Å². The van der Waals surface area contributed by atoms with Gasteiger partial charge in [0.25, 0.3) is 5.91 Å². The molecule has 0 bridgehead atoms. The minimum absolute atomic E-state index is 0.243. The zero-order valence-corrected chi connectivity index (χ0v) is 16.8. The van der Waals surface area contributed by atoms with E-state index in [1.807, 2.05) is 38.1 Å². The van der Waals surface area contributed by atoms with Crippen molar-refractivity contribution in [3.05, 3.63) is 61.8 Å². The number of H-pyrrole nitrogens is 1. The third-order valence-electron chi connectivity index (χ3n) is 3.57. The Balaban J connectivity index is 1.70. The Hall–Kier alpha value is -1.70. The van der Waals surface area contributed by atoms with E-state index in [9.17, 15) is 4.79 Å². The van der Waals surface area contributed by atoms with Gasteiger partial charge in [0.05, 0.1) is 10.2 Å². The summed E-state index contributed by atoms with van der Waals surface area (Å²) in [5, 5.41) is 11.0. The summed E-state index contributed by atoms with van der Waals surface area (Å²) in [6.45, 7) is 4.06. The highest BCUT2D eigenvalue weighted by atomic mass is 79.9. The van der Waals surface area contributed by atoms with Crippen LogP contribution in [0, 0.1) is 0 Å². The molecule has 2 heterocycles. The number of benzene rings is 1. The largest absolute Gasteiger partial charge is 0.296 e. The van der Waals surface area contributed by atoms with Gasteiger partial charge in [-0.2, -0.15) is 5.10 Å². The van der Waals surface area contributed by atoms with Crippen molar-refractivity contribution in [2.45, 2.75) is 26.2 Å². The van der Waals surface area contributed by atoms with Crippen LogP contribution in [0.3, 0.4) is 0 Å². The number of carbonyl (C=O) groups excluding carboxylic acids is 1. The molecule has 2 N–H and O–H groups in total. The number of nitrogens with one attached hydrogen (secondary N) is 2. The minimum Gasteiger partial charge on any atom is -0.296 e. The normalized spacial score (nSPS) is 11.1. The van der Waals surface area contributed by atoms with Crippen molar-refractivity contribution < 1.29 is 4.79 Å². The lowest BCUT2D eigenvalue weighted by atomic mass is 10.1. The first-order valence-electron chi connectivity index (χ1n) is 7.68. The number of anilines is 1. The summed E-state index contributed by atoms with van der Waals surface area (Å²) in [5.41, 5.74) is 2.33. The predicted octanol–water partition coefficient (Wildman–Crippen LogP) is 5.25. The third kappa shape index (κ3) is 4.29. The van der Waals surface area contributed by atoms with Crippen molar-refractivity contribution in [1.82, 2.24) is 15.2 Å². The average molecular weight is 440 g/mol. The summed E-state index contributed by atoms with van der Waals surface area (Å²) in [7, 11) is 0. The van der Waals surface area contributed by atoms with Crippen LogP contribution in [0.5, 0.6) is 0 Å². The van der Waals surface area contributed by atoms with Crippen molar-refractivity contribution in [2.24, 2.45) is 0 Å². The molecule has 1 amide bonds. The van der Waals surface area contributed by atoms with E-state index in [0.29, 0.717) is 20.3 Å². The molecule has 1 aromatic carbocycles. The van der Waals surface area contributed by atoms with Crippen LogP contribution in [-0.2, 0) is 6.42 Å². The first-order valence-corrected chi connectivity index (χ1v) is 9.67. The molecular formula is C17H16BrClN4OS. The highest BCUT2D eigenvalue weighted by Crippen LogP contribution is 2.27. The first-order chi connectivity index (χ1) is 11.9. The highest BCUT2D eigenvalue weighted by molar-refractivity contribution is 9.10. The molecular weight excluding hydrogens is 424 g/mol. The highest BCUT2D eigenvalue weighted by Gasteiger charge is 2.20. The van der Waals surface area contributed by atoms with E-state index in [1.54, 1.807) is 6.20 Å². The second kappa shape index (κ2) is 7.68. The topological polar surface area (TPSA) is 70.7 Å². The predicted molar refractivity (Wildman–Crippen MR) is 105 cm³/mol. The molecule has 5 nitrogen and oxygen atoms in total. The van der Waals surface area contributed by atoms with E-state index in [0.717, 1.165) is 22.6 Å². The van der Waals surface area contributed by atoms with Gasteiger partial charge in [-0.3, -0.25) is 15.2 Å². The maximum atomic E-state index is 12.4. The molecule has 2 aromatic heterocycles. The fourth-order valence-electron chi connectivity index (χ4n) is 2.33. The number of hydrogen-bond donors (Lipinski definition) is 2. The Morgan fingerprint density at radius 3 is 2.92 bits per heavy atom. The number of amides is 1. The number of thiazole rings is 1. The standard InChI is InChI=1S/C17H16BrClN4OS/c1-9(2)14-13(18)15(23-22-14)16(24)21-17-20-8-12(25-17)7-10-4-3-5-11(19)6-10/h3-6,8-9H,7H2,1-2H3,(H,22,23)(H,20,21,24). The summed E-state index contributed by atoms with van der Waals surface area (Å²) >= 11 is 10.9. The zero-order valence-electron chi connectivity index (χ0n) is 13.6. The Morgan fingerprint density at radius 1 is 1.44 bits per heavy atom. The van der Waals surface area contributed by atoms with E-state index in [4.69, 9.17) is 11.6 Å². The quantitative estimate of drug-likeness (QED) is 0.570. The number of aromatic amines is 1. The molecule has 8 heteroatoms. The maximum absolute atomic E-state index is 12.4. The summed E-state index contributed by atoms with van der Waals surface area (Å²) < 4.78 is 0.690. The molecule has 0 atom stereocenters. The maximum Gasteiger partial charge on any atom is 0.279 e. The Morgan fingerprint density at radius 2 is 2.24 bits per heavy atom. The number of aromatic nitrogens is 3.